The van der Waals surface area contributed by atoms with Crippen molar-refractivity contribution < 1.29 is 9.59 Å². The van der Waals surface area contributed by atoms with Gasteiger partial charge < -0.3 is 15.2 Å². The smallest absolute Gasteiger partial charge is 0.251 e. The summed E-state index contributed by atoms with van der Waals surface area (Å²) in [5.41, 5.74) is 2.51. The standard InChI is InChI=1S/C27H32IN5O2S/c1-6-14-33-25(24(18(4)5)30-26(35)19-10-8-7-9-11-19)31-32-27(33)36-16-23(34)29-22-13-12-20(28)15-21(22)17(2)3/h6-13,15,17-18,24H,1,14,16H2,2-5H3,(H,29,34)(H,30,35)/t24-/m1/s1. The summed E-state index contributed by atoms with van der Waals surface area (Å²) >= 11 is 3.59. The summed E-state index contributed by atoms with van der Waals surface area (Å²) in [6.07, 6.45) is 1.76. The van der Waals surface area contributed by atoms with Crippen molar-refractivity contribution in [3.05, 3.63) is 81.7 Å². The van der Waals surface area contributed by atoms with Crippen molar-refractivity contribution in [3.63, 3.8) is 0 Å². The molecule has 3 aromatic rings. The predicted molar refractivity (Wildman–Crippen MR) is 154 cm³/mol. The minimum Gasteiger partial charge on any atom is -0.342 e. The molecule has 0 saturated carbocycles. The highest BCUT2D eigenvalue weighted by atomic mass is 127. The van der Waals surface area contributed by atoms with Crippen LogP contribution in [0.2, 0.25) is 0 Å². The second-order valence-electron chi connectivity index (χ2n) is 9.02. The first-order chi connectivity index (χ1) is 17.2. The topological polar surface area (TPSA) is 88.9 Å². The van der Waals surface area contributed by atoms with Crippen LogP contribution < -0.4 is 10.6 Å². The van der Waals surface area contributed by atoms with Crippen molar-refractivity contribution in [2.75, 3.05) is 11.1 Å². The molecule has 0 aliphatic rings. The van der Waals surface area contributed by atoms with Crippen LogP contribution in [0.15, 0.2) is 66.3 Å². The first-order valence-corrected chi connectivity index (χ1v) is 13.9. The van der Waals surface area contributed by atoms with Crippen LogP contribution >= 0.6 is 34.4 Å². The van der Waals surface area contributed by atoms with Crippen LogP contribution in [0, 0.1) is 9.49 Å². The van der Waals surface area contributed by atoms with E-state index in [0.29, 0.717) is 29.0 Å². The molecular weight excluding hydrogens is 585 g/mol. The fraction of sp³-hybridized carbons (Fsp3) is 0.333. The summed E-state index contributed by atoms with van der Waals surface area (Å²) in [5.74, 6) is 0.894. The molecule has 0 bridgehead atoms. The molecule has 0 radical (unpaired) electrons. The van der Waals surface area contributed by atoms with Gasteiger partial charge in [0.05, 0.1) is 11.8 Å². The molecule has 0 aliphatic carbocycles. The molecule has 190 valence electrons. The molecule has 1 heterocycles. The van der Waals surface area contributed by atoms with Gasteiger partial charge in [0, 0.05) is 21.4 Å². The molecule has 1 atom stereocenters. The molecule has 9 heteroatoms. The van der Waals surface area contributed by atoms with Crippen LogP contribution in [-0.4, -0.2) is 32.3 Å². The van der Waals surface area contributed by atoms with Gasteiger partial charge >= 0.3 is 0 Å². The number of carbonyl (C=O) groups is 2. The number of hydrogen-bond donors (Lipinski definition) is 2. The third-order valence-corrected chi connectivity index (χ3v) is 7.20. The van der Waals surface area contributed by atoms with Crippen LogP contribution in [-0.2, 0) is 11.3 Å². The quantitative estimate of drug-likeness (QED) is 0.155. The second-order valence-corrected chi connectivity index (χ2v) is 11.2. The van der Waals surface area contributed by atoms with E-state index in [0.717, 1.165) is 14.8 Å². The van der Waals surface area contributed by atoms with Gasteiger partial charge in [-0.1, -0.05) is 63.7 Å². The molecule has 2 amide bonds. The molecule has 36 heavy (non-hydrogen) atoms. The van der Waals surface area contributed by atoms with Crippen LogP contribution in [0.25, 0.3) is 0 Å². The Kier molecular flexibility index (Phi) is 10.1. The number of anilines is 1. The number of halogens is 1. The molecule has 0 unspecified atom stereocenters. The Hall–Kier alpha value is -2.66. The number of thioether (sulfide) groups is 1. The molecule has 2 aromatic carbocycles. The number of rotatable bonds is 11. The fourth-order valence-electron chi connectivity index (χ4n) is 3.72. The SMILES string of the molecule is C=CCn1c(SCC(=O)Nc2ccc(I)cc2C(C)C)nnc1[C@H](NC(=O)c1ccccc1)C(C)C. The molecule has 0 saturated heterocycles. The van der Waals surface area contributed by atoms with Crippen molar-refractivity contribution >= 4 is 51.9 Å². The second kappa shape index (κ2) is 13.0. The average molecular weight is 618 g/mol. The molecule has 3 rings (SSSR count). The lowest BCUT2D eigenvalue weighted by molar-refractivity contribution is -0.113. The Morgan fingerprint density at radius 3 is 2.47 bits per heavy atom. The number of benzene rings is 2. The van der Waals surface area contributed by atoms with Crippen LogP contribution in [0.4, 0.5) is 5.69 Å². The maximum atomic E-state index is 12.8. The Morgan fingerprint density at radius 1 is 1.11 bits per heavy atom. The predicted octanol–water partition coefficient (Wildman–Crippen LogP) is 6.05. The number of nitrogens with zero attached hydrogens (tertiary/aromatic N) is 3. The maximum absolute atomic E-state index is 12.8. The van der Waals surface area contributed by atoms with E-state index >= 15 is 0 Å². The lowest BCUT2D eigenvalue weighted by Crippen LogP contribution is -2.33. The highest BCUT2D eigenvalue weighted by Crippen LogP contribution is 2.28. The van der Waals surface area contributed by atoms with Gasteiger partial charge in [-0.25, -0.2) is 0 Å². The maximum Gasteiger partial charge on any atom is 0.251 e. The molecule has 0 aliphatic heterocycles. The van der Waals surface area contributed by atoms with Crippen LogP contribution in [0.3, 0.4) is 0 Å². The van der Waals surface area contributed by atoms with E-state index in [-0.39, 0.29) is 29.5 Å². The lowest BCUT2D eigenvalue weighted by atomic mass is 10.0. The van der Waals surface area contributed by atoms with E-state index < -0.39 is 0 Å². The van der Waals surface area contributed by atoms with E-state index in [9.17, 15) is 9.59 Å². The van der Waals surface area contributed by atoms with E-state index in [1.54, 1.807) is 18.2 Å². The van der Waals surface area contributed by atoms with Gasteiger partial charge in [-0.3, -0.25) is 9.59 Å². The molecular formula is C27H32IN5O2S. The van der Waals surface area contributed by atoms with Gasteiger partial charge in [-0.15, -0.1) is 16.8 Å². The van der Waals surface area contributed by atoms with Gasteiger partial charge in [0.25, 0.3) is 5.91 Å². The normalized spacial score (nSPS) is 12.0. The number of allylic oxidation sites excluding steroid dienone is 1. The Balaban J connectivity index is 1.76. The first kappa shape index (κ1) is 27.9. The highest BCUT2D eigenvalue weighted by Gasteiger charge is 2.26. The average Bonchev–Trinajstić information content (AvgIpc) is 3.24. The number of nitrogens with one attached hydrogen (secondary N) is 2. The monoisotopic (exact) mass is 617 g/mol. The highest BCUT2D eigenvalue weighted by molar-refractivity contribution is 14.1. The van der Waals surface area contributed by atoms with Crippen LogP contribution in [0.5, 0.6) is 0 Å². The van der Waals surface area contributed by atoms with Gasteiger partial charge in [0.1, 0.15) is 0 Å². The largest absolute Gasteiger partial charge is 0.342 e. The summed E-state index contributed by atoms with van der Waals surface area (Å²) in [6.45, 7) is 12.6. The van der Waals surface area contributed by atoms with Crippen molar-refractivity contribution in [3.8, 4) is 0 Å². The summed E-state index contributed by atoms with van der Waals surface area (Å²) < 4.78 is 3.04. The van der Waals surface area contributed by atoms with Crippen LogP contribution in [0.1, 0.15) is 61.4 Å². The van der Waals surface area contributed by atoms with E-state index in [4.69, 9.17) is 0 Å². The summed E-state index contributed by atoms with van der Waals surface area (Å²) in [4.78, 5) is 25.6. The van der Waals surface area contributed by atoms with Crippen molar-refractivity contribution in [1.29, 1.82) is 0 Å². The Bertz CT molecular complexity index is 1210. The zero-order valence-corrected chi connectivity index (χ0v) is 24.0. The van der Waals surface area contributed by atoms with Crippen molar-refractivity contribution in [1.82, 2.24) is 20.1 Å². The van der Waals surface area contributed by atoms with E-state index in [1.807, 2.05) is 48.7 Å². The number of amides is 2. The zero-order valence-electron chi connectivity index (χ0n) is 21.0. The number of aromatic nitrogens is 3. The minimum atomic E-state index is -0.353. The first-order valence-electron chi connectivity index (χ1n) is 11.8. The molecule has 2 N–H and O–H groups in total. The lowest BCUT2D eigenvalue weighted by Gasteiger charge is -2.22. The Morgan fingerprint density at radius 2 is 1.83 bits per heavy atom. The number of hydrogen-bond acceptors (Lipinski definition) is 5. The third kappa shape index (κ3) is 7.19. The molecule has 0 spiro atoms. The third-order valence-electron chi connectivity index (χ3n) is 5.57. The van der Waals surface area contributed by atoms with E-state index in [2.05, 4.69) is 69.9 Å². The molecule has 1 aromatic heterocycles. The van der Waals surface area contributed by atoms with Crippen molar-refractivity contribution in [2.45, 2.75) is 51.4 Å². The fourth-order valence-corrected chi connectivity index (χ4v) is 4.99. The Labute approximate surface area is 230 Å². The number of carbonyl (C=O) groups excluding carboxylic acids is 2. The molecule has 0 fully saturated rings. The van der Waals surface area contributed by atoms with Gasteiger partial charge in [0.2, 0.25) is 5.91 Å². The van der Waals surface area contributed by atoms with Gasteiger partial charge in [-0.2, -0.15) is 0 Å². The summed E-state index contributed by atoms with van der Waals surface area (Å²) in [7, 11) is 0. The summed E-state index contributed by atoms with van der Waals surface area (Å²) in [5, 5.41) is 15.5. The molecule has 7 nitrogen and oxygen atoms in total. The summed E-state index contributed by atoms with van der Waals surface area (Å²) in [6, 6.07) is 14.8. The van der Waals surface area contributed by atoms with E-state index in [1.165, 1.54) is 11.8 Å². The van der Waals surface area contributed by atoms with Gasteiger partial charge in [-0.05, 0) is 70.3 Å². The minimum absolute atomic E-state index is 0.0712. The van der Waals surface area contributed by atoms with Crippen molar-refractivity contribution in [2.24, 2.45) is 5.92 Å². The zero-order chi connectivity index (χ0) is 26.2. The van der Waals surface area contributed by atoms with Gasteiger partial charge in [0.15, 0.2) is 11.0 Å².